The van der Waals surface area contributed by atoms with Crippen LogP contribution in [0, 0.1) is 11.3 Å². The van der Waals surface area contributed by atoms with E-state index in [0.29, 0.717) is 18.8 Å². The van der Waals surface area contributed by atoms with Crippen LogP contribution in [0.4, 0.5) is 5.69 Å². The maximum atomic E-state index is 9.23. The first-order valence-corrected chi connectivity index (χ1v) is 6.45. The van der Waals surface area contributed by atoms with Crippen molar-refractivity contribution < 1.29 is 9.47 Å². The average molecular weight is 313 g/mol. The van der Waals surface area contributed by atoms with Gasteiger partial charge in [-0.15, -0.1) is 0 Å². The fourth-order valence-electron chi connectivity index (χ4n) is 1.64. The summed E-state index contributed by atoms with van der Waals surface area (Å²) in [4.78, 5) is 2.09. The van der Waals surface area contributed by atoms with E-state index < -0.39 is 0 Å². The largest absolute Gasteiger partial charge is 0.383 e. The Morgan fingerprint density at radius 2 is 1.83 bits per heavy atom. The zero-order chi connectivity index (χ0) is 13.4. The van der Waals surface area contributed by atoms with E-state index in [1.54, 1.807) is 14.2 Å². The summed E-state index contributed by atoms with van der Waals surface area (Å²) >= 11 is 3.40. The minimum atomic E-state index is 0.612. The van der Waals surface area contributed by atoms with Crippen molar-refractivity contribution in [2.75, 3.05) is 45.4 Å². The van der Waals surface area contributed by atoms with Crippen LogP contribution in [0.2, 0.25) is 0 Å². The second-order valence-electron chi connectivity index (χ2n) is 3.72. The van der Waals surface area contributed by atoms with Gasteiger partial charge >= 0.3 is 0 Å². The van der Waals surface area contributed by atoms with Crippen molar-refractivity contribution in [2.45, 2.75) is 0 Å². The van der Waals surface area contributed by atoms with E-state index in [2.05, 4.69) is 26.9 Å². The molecule has 0 spiro atoms. The molecule has 0 amide bonds. The lowest BCUT2D eigenvalue weighted by molar-refractivity contribution is 0.190. The molecule has 0 saturated heterocycles. The number of rotatable bonds is 7. The predicted molar refractivity (Wildman–Crippen MR) is 74.8 cm³/mol. The summed E-state index contributed by atoms with van der Waals surface area (Å²) in [5.41, 5.74) is 1.55. The van der Waals surface area contributed by atoms with Crippen molar-refractivity contribution >= 4 is 21.6 Å². The number of ether oxygens (including phenoxy) is 2. The van der Waals surface area contributed by atoms with E-state index in [1.165, 1.54) is 0 Å². The van der Waals surface area contributed by atoms with Gasteiger partial charge in [-0.1, -0.05) is 6.07 Å². The molecule has 0 bridgehead atoms. The van der Waals surface area contributed by atoms with Crippen LogP contribution in [0.25, 0.3) is 0 Å². The van der Waals surface area contributed by atoms with Gasteiger partial charge in [0.05, 0.1) is 24.5 Å². The molecule has 0 radical (unpaired) electrons. The van der Waals surface area contributed by atoms with Crippen LogP contribution in [0.15, 0.2) is 22.7 Å². The maximum Gasteiger partial charge on any atom is 0.103 e. The monoisotopic (exact) mass is 312 g/mol. The molecule has 0 saturated carbocycles. The van der Waals surface area contributed by atoms with Crippen molar-refractivity contribution in [1.82, 2.24) is 0 Å². The summed E-state index contributed by atoms with van der Waals surface area (Å²) in [5.74, 6) is 0. The molecule has 4 nitrogen and oxygen atoms in total. The van der Waals surface area contributed by atoms with Gasteiger partial charge < -0.3 is 14.4 Å². The van der Waals surface area contributed by atoms with Gasteiger partial charge in [-0.25, -0.2) is 0 Å². The molecule has 1 aromatic rings. The summed E-state index contributed by atoms with van der Waals surface area (Å²) in [6.07, 6.45) is 0. The Bertz CT molecular complexity index is 410. The van der Waals surface area contributed by atoms with Gasteiger partial charge in [0, 0.05) is 31.8 Å². The van der Waals surface area contributed by atoms with Gasteiger partial charge in [0.25, 0.3) is 0 Å². The second kappa shape index (κ2) is 8.09. The smallest absolute Gasteiger partial charge is 0.103 e. The second-order valence-corrected chi connectivity index (χ2v) is 4.57. The van der Waals surface area contributed by atoms with Gasteiger partial charge in [-0.2, -0.15) is 5.26 Å². The van der Waals surface area contributed by atoms with Crippen LogP contribution in [0.5, 0.6) is 0 Å². The standard InChI is InChI=1S/C13H17BrN2O2/c1-17-8-6-16(7-9-18-2)13-5-3-4-12(14)11(13)10-15/h3-5H,6-9H2,1-2H3. The van der Waals surface area contributed by atoms with Gasteiger partial charge in [0.15, 0.2) is 0 Å². The molecule has 0 unspecified atom stereocenters. The highest BCUT2D eigenvalue weighted by Crippen LogP contribution is 2.26. The predicted octanol–water partition coefficient (Wildman–Crippen LogP) is 2.42. The Morgan fingerprint density at radius 1 is 1.22 bits per heavy atom. The maximum absolute atomic E-state index is 9.23. The topological polar surface area (TPSA) is 45.5 Å². The quantitative estimate of drug-likeness (QED) is 0.775. The highest BCUT2D eigenvalue weighted by Gasteiger charge is 2.13. The molecule has 1 aromatic carbocycles. The number of benzene rings is 1. The molecule has 5 heteroatoms. The molecule has 0 aromatic heterocycles. The SMILES string of the molecule is COCCN(CCOC)c1cccc(Br)c1C#N. The van der Waals surface area contributed by atoms with Crippen molar-refractivity contribution in [2.24, 2.45) is 0 Å². The molecule has 0 atom stereocenters. The lowest BCUT2D eigenvalue weighted by Crippen LogP contribution is -2.31. The van der Waals surface area contributed by atoms with Gasteiger partial charge in [0.2, 0.25) is 0 Å². The third-order valence-corrected chi connectivity index (χ3v) is 3.24. The molecule has 98 valence electrons. The number of nitrogens with zero attached hydrogens (tertiary/aromatic N) is 2. The molecule has 0 heterocycles. The Labute approximate surface area is 116 Å². The van der Waals surface area contributed by atoms with Crippen LogP contribution in [-0.4, -0.2) is 40.5 Å². The third kappa shape index (κ3) is 3.98. The lowest BCUT2D eigenvalue weighted by Gasteiger charge is -2.25. The number of hydrogen-bond acceptors (Lipinski definition) is 4. The van der Waals surface area contributed by atoms with E-state index >= 15 is 0 Å². The van der Waals surface area contributed by atoms with E-state index in [0.717, 1.165) is 23.2 Å². The van der Waals surface area contributed by atoms with Crippen LogP contribution < -0.4 is 4.90 Å². The van der Waals surface area contributed by atoms with Crippen molar-refractivity contribution in [3.05, 3.63) is 28.2 Å². The third-order valence-electron chi connectivity index (χ3n) is 2.57. The Morgan fingerprint density at radius 3 is 2.33 bits per heavy atom. The van der Waals surface area contributed by atoms with Gasteiger partial charge in [0.1, 0.15) is 6.07 Å². The first-order chi connectivity index (χ1) is 8.74. The van der Waals surface area contributed by atoms with E-state index in [4.69, 9.17) is 9.47 Å². The Hall–Kier alpha value is -1.09. The highest BCUT2D eigenvalue weighted by atomic mass is 79.9. The van der Waals surface area contributed by atoms with Crippen LogP contribution in [0.3, 0.4) is 0 Å². The molecular formula is C13H17BrN2O2. The summed E-state index contributed by atoms with van der Waals surface area (Å²) in [6, 6.07) is 7.96. The molecular weight excluding hydrogens is 296 g/mol. The average Bonchev–Trinajstić information content (AvgIpc) is 2.39. The first kappa shape index (κ1) is 15.0. The van der Waals surface area contributed by atoms with Crippen molar-refractivity contribution in [3.8, 4) is 6.07 Å². The molecule has 0 aliphatic rings. The first-order valence-electron chi connectivity index (χ1n) is 5.66. The number of nitriles is 1. The lowest BCUT2D eigenvalue weighted by atomic mass is 10.1. The van der Waals surface area contributed by atoms with Crippen molar-refractivity contribution in [3.63, 3.8) is 0 Å². The van der Waals surface area contributed by atoms with Crippen LogP contribution >= 0.6 is 15.9 Å². The molecule has 0 N–H and O–H groups in total. The summed E-state index contributed by atoms with van der Waals surface area (Å²) < 4.78 is 11.0. The van der Waals surface area contributed by atoms with Crippen LogP contribution in [0.1, 0.15) is 5.56 Å². The molecule has 1 rings (SSSR count). The van der Waals surface area contributed by atoms with Crippen LogP contribution in [-0.2, 0) is 9.47 Å². The fourth-order valence-corrected chi connectivity index (χ4v) is 2.09. The number of methoxy groups -OCH3 is 2. The number of hydrogen-bond donors (Lipinski definition) is 0. The minimum Gasteiger partial charge on any atom is -0.383 e. The van der Waals surface area contributed by atoms with Crippen molar-refractivity contribution in [1.29, 1.82) is 5.26 Å². The normalized spacial score (nSPS) is 10.1. The fraction of sp³-hybridized carbons (Fsp3) is 0.462. The Balaban J connectivity index is 2.96. The van der Waals surface area contributed by atoms with E-state index in [-0.39, 0.29) is 0 Å². The summed E-state index contributed by atoms with van der Waals surface area (Å²) in [5, 5.41) is 9.23. The molecule has 0 aliphatic carbocycles. The molecule has 0 aliphatic heterocycles. The summed E-state index contributed by atoms with van der Waals surface area (Å²) in [7, 11) is 3.33. The van der Waals surface area contributed by atoms with E-state index in [1.807, 2.05) is 18.2 Å². The molecule has 0 fully saturated rings. The van der Waals surface area contributed by atoms with Gasteiger partial charge in [-0.05, 0) is 28.1 Å². The van der Waals surface area contributed by atoms with E-state index in [9.17, 15) is 5.26 Å². The number of anilines is 1. The zero-order valence-corrected chi connectivity index (χ0v) is 12.2. The van der Waals surface area contributed by atoms with Gasteiger partial charge in [-0.3, -0.25) is 0 Å². The molecule has 18 heavy (non-hydrogen) atoms. The Kier molecular flexibility index (Phi) is 6.73. The minimum absolute atomic E-state index is 0.612. The highest BCUT2D eigenvalue weighted by molar-refractivity contribution is 9.10. The number of halogens is 1. The zero-order valence-electron chi connectivity index (χ0n) is 10.6. The summed E-state index contributed by atoms with van der Waals surface area (Å²) in [6.45, 7) is 2.68.